The van der Waals surface area contributed by atoms with E-state index in [9.17, 15) is 0 Å². The van der Waals surface area contributed by atoms with Gasteiger partial charge in [-0.25, -0.2) is 9.97 Å². The van der Waals surface area contributed by atoms with Crippen LogP contribution in [0.2, 0.25) is 0 Å². The Balaban J connectivity index is 1.93. The minimum Gasteiger partial charge on any atom is -0.384 e. The van der Waals surface area contributed by atoms with Gasteiger partial charge >= 0.3 is 0 Å². The zero-order valence-corrected chi connectivity index (χ0v) is 13.5. The highest BCUT2D eigenvalue weighted by molar-refractivity contribution is 5.34. The summed E-state index contributed by atoms with van der Waals surface area (Å²) in [4.78, 5) is 9.39. The third-order valence-corrected chi connectivity index (χ3v) is 5.00. The Labute approximate surface area is 127 Å². The van der Waals surface area contributed by atoms with Gasteiger partial charge in [-0.1, -0.05) is 13.8 Å². The fraction of sp³-hybridized carbons (Fsp3) is 0.765. The molecule has 4 heteroatoms. The summed E-state index contributed by atoms with van der Waals surface area (Å²) < 4.78 is 6.18. The normalized spacial score (nSPS) is 24.0. The van der Waals surface area contributed by atoms with Gasteiger partial charge < -0.3 is 10.5 Å². The lowest BCUT2D eigenvalue weighted by Gasteiger charge is -2.42. The summed E-state index contributed by atoms with van der Waals surface area (Å²) in [5, 5.41) is 0. The van der Waals surface area contributed by atoms with E-state index in [0.717, 1.165) is 37.2 Å². The molecule has 1 aromatic rings. The second kappa shape index (κ2) is 5.24. The first-order valence-electron chi connectivity index (χ1n) is 8.23. The van der Waals surface area contributed by atoms with Crippen LogP contribution in [0.3, 0.4) is 0 Å². The predicted octanol–water partition coefficient (Wildman–Crippen LogP) is 3.77. The maximum Gasteiger partial charge on any atom is 0.162 e. The molecule has 0 aliphatic heterocycles. The standard InChI is InChI=1S/C17H27N3O/c1-4-21-17(9-7-16(2,3)8-10-17)15-19-13(12-5-6-12)11-14(18)20-15/h11-12H,4-10H2,1-3H3,(H2,18,19,20). The van der Waals surface area contributed by atoms with Crippen LogP contribution in [0.15, 0.2) is 6.07 Å². The Kier molecular flexibility index (Phi) is 3.68. The second-order valence-corrected chi connectivity index (χ2v) is 7.41. The SMILES string of the molecule is CCOC1(c2nc(N)cc(C3CC3)n2)CCC(C)(C)CC1. The number of hydrogen-bond acceptors (Lipinski definition) is 4. The molecule has 116 valence electrons. The van der Waals surface area contributed by atoms with Gasteiger partial charge in [0.2, 0.25) is 0 Å². The summed E-state index contributed by atoms with van der Waals surface area (Å²) in [6.45, 7) is 7.41. The minimum atomic E-state index is -0.330. The van der Waals surface area contributed by atoms with Crippen LogP contribution in [0.5, 0.6) is 0 Å². The minimum absolute atomic E-state index is 0.330. The molecule has 2 fully saturated rings. The second-order valence-electron chi connectivity index (χ2n) is 7.41. The average molecular weight is 289 g/mol. The molecule has 2 N–H and O–H groups in total. The molecule has 3 rings (SSSR count). The average Bonchev–Trinajstić information content (AvgIpc) is 3.25. The molecule has 0 spiro atoms. The number of aromatic nitrogens is 2. The van der Waals surface area contributed by atoms with Gasteiger partial charge in [-0.05, 0) is 50.9 Å². The van der Waals surface area contributed by atoms with Gasteiger partial charge in [0, 0.05) is 24.3 Å². The quantitative estimate of drug-likeness (QED) is 0.916. The van der Waals surface area contributed by atoms with Gasteiger partial charge in [-0.2, -0.15) is 0 Å². The van der Waals surface area contributed by atoms with Crippen molar-refractivity contribution in [2.45, 2.75) is 70.8 Å². The fourth-order valence-corrected chi connectivity index (χ4v) is 3.32. The zero-order valence-electron chi connectivity index (χ0n) is 13.5. The lowest BCUT2D eigenvalue weighted by Crippen LogP contribution is -2.39. The monoisotopic (exact) mass is 289 g/mol. The van der Waals surface area contributed by atoms with Gasteiger partial charge in [0.05, 0.1) is 0 Å². The van der Waals surface area contributed by atoms with E-state index in [-0.39, 0.29) is 5.60 Å². The summed E-state index contributed by atoms with van der Waals surface area (Å²) in [5.74, 6) is 2.00. The van der Waals surface area contributed by atoms with Crippen LogP contribution in [-0.4, -0.2) is 16.6 Å². The van der Waals surface area contributed by atoms with E-state index in [1.807, 2.05) is 6.07 Å². The zero-order chi connectivity index (χ0) is 15.1. The van der Waals surface area contributed by atoms with E-state index < -0.39 is 0 Å². The number of ether oxygens (including phenoxy) is 1. The molecule has 0 bridgehead atoms. The first kappa shape index (κ1) is 14.8. The van der Waals surface area contributed by atoms with Crippen LogP contribution in [0.1, 0.15) is 76.7 Å². The van der Waals surface area contributed by atoms with Gasteiger partial charge in [-0.3, -0.25) is 0 Å². The Morgan fingerprint density at radius 3 is 2.43 bits per heavy atom. The Hall–Kier alpha value is -1.16. The van der Waals surface area contributed by atoms with E-state index in [2.05, 4.69) is 25.8 Å². The van der Waals surface area contributed by atoms with Gasteiger partial charge in [-0.15, -0.1) is 0 Å². The van der Waals surface area contributed by atoms with E-state index in [0.29, 0.717) is 23.8 Å². The summed E-state index contributed by atoms with van der Waals surface area (Å²) in [6, 6.07) is 1.94. The van der Waals surface area contributed by atoms with Crippen molar-refractivity contribution in [2.75, 3.05) is 12.3 Å². The van der Waals surface area contributed by atoms with E-state index >= 15 is 0 Å². The van der Waals surface area contributed by atoms with Crippen molar-refractivity contribution in [2.24, 2.45) is 5.41 Å². The van der Waals surface area contributed by atoms with Crippen molar-refractivity contribution < 1.29 is 4.74 Å². The maximum atomic E-state index is 6.18. The van der Waals surface area contributed by atoms with Crippen molar-refractivity contribution in [1.82, 2.24) is 9.97 Å². The molecular weight excluding hydrogens is 262 g/mol. The summed E-state index contributed by atoms with van der Waals surface area (Å²) in [5.41, 5.74) is 7.20. The first-order valence-corrected chi connectivity index (χ1v) is 8.23. The maximum absolute atomic E-state index is 6.18. The van der Waals surface area contributed by atoms with Crippen molar-refractivity contribution >= 4 is 5.82 Å². The molecule has 21 heavy (non-hydrogen) atoms. The molecule has 0 amide bonds. The van der Waals surface area contributed by atoms with Crippen molar-refractivity contribution in [1.29, 1.82) is 0 Å². The predicted molar refractivity (Wildman–Crippen MR) is 84.0 cm³/mol. The molecular formula is C17H27N3O. The Bertz CT molecular complexity index is 513. The topological polar surface area (TPSA) is 61.0 Å². The molecule has 4 nitrogen and oxygen atoms in total. The third-order valence-electron chi connectivity index (χ3n) is 5.00. The molecule has 1 heterocycles. The van der Waals surface area contributed by atoms with Crippen LogP contribution >= 0.6 is 0 Å². The molecule has 2 aliphatic rings. The summed E-state index contributed by atoms with van der Waals surface area (Å²) >= 11 is 0. The molecule has 0 saturated heterocycles. The first-order chi connectivity index (χ1) is 9.94. The summed E-state index contributed by atoms with van der Waals surface area (Å²) in [7, 11) is 0. The smallest absolute Gasteiger partial charge is 0.162 e. The third kappa shape index (κ3) is 3.05. The van der Waals surface area contributed by atoms with Crippen LogP contribution in [0, 0.1) is 5.41 Å². The Morgan fingerprint density at radius 2 is 1.86 bits per heavy atom. The number of nitrogen functional groups attached to an aromatic ring is 1. The molecule has 0 aromatic carbocycles. The van der Waals surface area contributed by atoms with E-state index in [1.54, 1.807) is 0 Å². The van der Waals surface area contributed by atoms with Crippen molar-refractivity contribution in [3.8, 4) is 0 Å². The van der Waals surface area contributed by atoms with Crippen LogP contribution < -0.4 is 5.73 Å². The highest BCUT2D eigenvalue weighted by Gasteiger charge is 2.43. The summed E-state index contributed by atoms with van der Waals surface area (Å²) in [6.07, 6.45) is 6.71. The largest absolute Gasteiger partial charge is 0.384 e. The molecule has 0 radical (unpaired) electrons. The molecule has 0 unspecified atom stereocenters. The van der Waals surface area contributed by atoms with E-state index in [1.165, 1.54) is 12.8 Å². The van der Waals surface area contributed by atoms with Crippen molar-refractivity contribution in [3.63, 3.8) is 0 Å². The highest BCUT2D eigenvalue weighted by atomic mass is 16.5. The van der Waals surface area contributed by atoms with Crippen LogP contribution in [-0.2, 0) is 10.3 Å². The number of nitrogens with two attached hydrogens (primary N) is 1. The number of anilines is 1. The Morgan fingerprint density at radius 1 is 1.19 bits per heavy atom. The van der Waals surface area contributed by atoms with Crippen LogP contribution in [0.4, 0.5) is 5.82 Å². The lowest BCUT2D eigenvalue weighted by molar-refractivity contribution is -0.0948. The number of hydrogen-bond donors (Lipinski definition) is 1. The van der Waals surface area contributed by atoms with E-state index in [4.69, 9.17) is 15.5 Å². The van der Waals surface area contributed by atoms with Crippen LogP contribution in [0.25, 0.3) is 0 Å². The fourth-order valence-electron chi connectivity index (χ4n) is 3.32. The molecule has 2 saturated carbocycles. The molecule has 2 aliphatic carbocycles. The highest BCUT2D eigenvalue weighted by Crippen LogP contribution is 2.47. The molecule has 1 aromatic heterocycles. The van der Waals surface area contributed by atoms with Gasteiger partial charge in [0.15, 0.2) is 5.82 Å². The lowest BCUT2D eigenvalue weighted by atomic mass is 9.70. The van der Waals surface area contributed by atoms with Gasteiger partial charge in [0.25, 0.3) is 0 Å². The number of rotatable bonds is 4. The van der Waals surface area contributed by atoms with Crippen molar-refractivity contribution in [3.05, 3.63) is 17.6 Å². The molecule has 0 atom stereocenters. The number of nitrogens with zero attached hydrogens (tertiary/aromatic N) is 2. The van der Waals surface area contributed by atoms with Gasteiger partial charge in [0.1, 0.15) is 11.4 Å².